The van der Waals surface area contributed by atoms with E-state index >= 15 is 0 Å². The van der Waals surface area contributed by atoms with Crippen LogP contribution in [0, 0.1) is 0 Å². The predicted octanol–water partition coefficient (Wildman–Crippen LogP) is 3.82. The van der Waals surface area contributed by atoms with Gasteiger partial charge in [0, 0.05) is 29.6 Å². The van der Waals surface area contributed by atoms with Crippen molar-refractivity contribution < 1.29 is 4.42 Å². The maximum absolute atomic E-state index is 5.35. The van der Waals surface area contributed by atoms with Gasteiger partial charge in [0.25, 0.3) is 0 Å². The van der Waals surface area contributed by atoms with Gasteiger partial charge in [-0.25, -0.2) is 0 Å². The number of anilines is 1. The fourth-order valence-corrected chi connectivity index (χ4v) is 2.70. The standard InChI is InChI=1S/C19H16N4O/c1-2-6-17-16(5-1)18(12-14-7-9-20-10-8-14)22-23-19(17)21-13-15-4-3-11-24-15/h1-11H,12-13H2,(H,21,23). The summed E-state index contributed by atoms with van der Waals surface area (Å²) in [5, 5.41) is 14.3. The van der Waals surface area contributed by atoms with E-state index in [0.717, 1.165) is 34.5 Å². The first-order valence-corrected chi connectivity index (χ1v) is 7.79. The van der Waals surface area contributed by atoms with Crippen LogP contribution in [0.3, 0.4) is 0 Å². The largest absolute Gasteiger partial charge is 0.467 e. The maximum atomic E-state index is 5.35. The number of hydrogen-bond donors (Lipinski definition) is 1. The lowest BCUT2D eigenvalue weighted by atomic mass is 10.1. The highest BCUT2D eigenvalue weighted by Crippen LogP contribution is 2.24. The number of aromatic nitrogens is 3. The van der Waals surface area contributed by atoms with Gasteiger partial charge >= 0.3 is 0 Å². The van der Waals surface area contributed by atoms with Crippen LogP contribution < -0.4 is 5.32 Å². The van der Waals surface area contributed by atoms with Crippen LogP contribution >= 0.6 is 0 Å². The number of hydrogen-bond acceptors (Lipinski definition) is 5. The summed E-state index contributed by atoms with van der Waals surface area (Å²) < 4.78 is 5.35. The van der Waals surface area contributed by atoms with Crippen molar-refractivity contribution in [3.63, 3.8) is 0 Å². The summed E-state index contributed by atoms with van der Waals surface area (Å²) in [5.74, 6) is 1.63. The summed E-state index contributed by atoms with van der Waals surface area (Å²) in [5.41, 5.74) is 2.13. The number of nitrogens with zero attached hydrogens (tertiary/aromatic N) is 3. The van der Waals surface area contributed by atoms with Gasteiger partial charge in [0.05, 0.1) is 18.5 Å². The van der Waals surface area contributed by atoms with Crippen LogP contribution in [0.15, 0.2) is 71.6 Å². The molecular formula is C19H16N4O. The lowest BCUT2D eigenvalue weighted by molar-refractivity contribution is 0.518. The number of rotatable bonds is 5. The van der Waals surface area contributed by atoms with E-state index in [-0.39, 0.29) is 0 Å². The molecule has 0 bridgehead atoms. The van der Waals surface area contributed by atoms with E-state index in [1.165, 1.54) is 5.56 Å². The third kappa shape index (κ3) is 2.96. The molecule has 0 saturated heterocycles. The van der Waals surface area contributed by atoms with Gasteiger partial charge in [-0.1, -0.05) is 24.3 Å². The molecule has 0 amide bonds. The van der Waals surface area contributed by atoms with E-state index in [2.05, 4.69) is 32.6 Å². The molecule has 5 nitrogen and oxygen atoms in total. The first-order chi connectivity index (χ1) is 11.9. The summed E-state index contributed by atoms with van der Waals surface area (Å²) >= 11 is 0. The molecule has 118 valence electrons. The van der Waals surface area contributed by atoms with E-state index in [1.54, 1.807) is 18.7 Å². The van der Waals surface area contributed by atoms with Crippen LogP contribution in [0.1, 0.15) is 17.0 Å². The minimum atomic E-state index is 0.579. The molecule has 4 rings (SSSR count). The predicted molar refractivity (Wildman–Crippen MR) is 92.6 cm³/mol. The van der Waals surface area contributed by atoms with Crippen molar-refractivity contribution in [3.8, 4) is 0 Å². The minimum absolute atomic E-state index is 0.579. The number of nitrogens with one attached hydrogen (secondary N) is 1. The Balaban J connectivity index is 1.66. The topological polar surface area (TPSA) is 63.8 Å². The van der Waals surface area contributed by atoms with E-state index in [1.807, 2.05) is 36.4 Å². The SMILES string of the molecule is c1coc(CNc2nnc(Cc3ccncc3)c3ccccc23)c1. The van der Waals surface area contributed by atoms with Crippen molar-refractivity contribution in [2.75, 3.05) is 5.32 Å². The zero-order chi connectivity index (χ0) is 16.2. The molecule has 1 aromatic carbocycles. The third-order valence-corrected chi connectivity index (χ3v) is 3.89. The Morgan fingerprint density at radius 3 is 2.50 bits per heavy atom. The number of fused-ring (bicyclic) bond motifs is 1. The van der Waals surface area contributed by atoms with Crippen molar-refractivity contribution >= 4 is 16.6 Å². The molecule has 0 saturated carbocycles. The maximum Gasteiger partial charge on any atom is 0.156 e. The highest BCUT2D eigenvalue weighted by molar-refractivity contribution is 5.93. The Kier molecular flexibility index (Phi) is 3.90. The van der Waals surface area contributed by atoms with Gasteiger partial charge in [-0.15, -0.1) is 5.10 Å². The molecule has 0 aliphatic heterocycles. The molecular weight excluding hydrogens is 300 g/mol. The molecule has 0 atom stereocenters. The summed E-state index contributed by atoms with van der Waals surface area (Å²) in [4.78, 5) is 4.06. The molecule has 0 spiro atoms. The zero-order valence-corrected chi connectivity index (χ0v) is 13.0. The van der Waals surface area contributed by atoms with Crippen molar-refractivity contribution in [3.05, 3.63) is 84.2 Å². The van der Waals surface area contributed by atoms with E-state index in [0.29, 0.717) is 6.54 Å². The summed E-state index contributed by atoms with van der Waals surface area (Å²) in [7, 11) is 0. The average Bonchev–Trinajstić information content (AvgIpc) is 3.15. The van der Waals surface area contributed by atoms with E-state index in [4.69, 9.17) is 4.42 Å². The molecule has 0 fully saturated rings. The monoisotopic (exact) mass is 316 g/mol. The molecule has 24 heavy (non-hydrogen) atoms. The summed E-state index contributed by atoms with van der Waals surface area (Å²) in [6.07, 6.45) is 5.99. The van der Waals surface area contributed by atoms with Gasteiger partial charge in [-0.2, -0.15) is 5.10 Å². The van der Waals surface area contributed by atoms with E-state index in [9.17, 15) is 0 Å². The average molecular weight is 316 g/mol. The third-order valence-electron chi connectivity index (χ3n) is 3.89. The van der Waals surface area contributed by atoms with Gasteiger partial charge in [-0.05, 0) is 29.8 Å². The summed E-state index contributed by atoms with van der Waals surface area (Å²) in [6, 6.07) is 16.0. The highest BCUT2D eigenvalue weighted by atomic mass is 16.3. The molecule has 1 N–H and O–H groups in total. The lowest BCUT2D eigenvalue weighted by Crippen LogP contribution is -2.05. The van der Waals surface area contributed by atoms with Crippen LogP contribution in [0.25, 0.3) is 10.8 Å². The molecule has 3 aromatic heterocycles. The van der Waals surface area contributed by atoms with Crippen LogP contribution in [-0.2, 0) is 13.0 Å². The Bertz CT molecular complexity index is 936. The molecule has 3 heterocycles. The van der Waals surface area contributed by atoms with Gasteiger partial charge in [0.1, 0.15) is 5.76 Å². The minimum Gasteiger partial charge on any atom is -0.467 e. The second-order valence-corrected chi connectivity index (χ2v) is 5.51. The molecule has 0 unspecified atom stereocenters. The first kappa shape index (κ1) is 14.4. The number of benzene rings is 1. The summed E-state index contributed by atoms with van der Waals surface area (Å²) in [6.45, 7) is 0.579. The quantitative estimate of drug-likeness (QED) is 0.606. The van der Waals surface area contributed by atoms with Crippen LogP contribution in [0.5, 0.6) is 0 Å². The van der Waals surface area contributed by atoms with Crippen LogP contribution in [-0.4, -0.2) is 15.2 Å². The number of pyridine rings is 1. The van der Waals surface area contributed by atoms with Gasteiger partial charge in [-0.3, -0.25) is 4.98 Å². The zero-order valence-electron chi connectivity index (χ0n) is 13.0. The Morgan fingerprint density at radius 1 is 0.875 bits per heavy atom. The highest BCUT2D eigenvalue weighted by Gasteiger charge is 2.10. The second kappa shape index (κ2) is 6.50. The molecule has 0 aliphatic rings. The lowest BCUT2D eigenvalue weighted by Gasteiger charge is -2.10. The molecule has 5 heteroatoms. The van der Waals surface area contributed by atoms with Gasteiger partial charge in [0.15, 0.2) is 5.82 Å². The van der Waals surface area contributed by atoms with Crippen LogP contribution in [0.2, 0.25) is 0 Å². The van der Waals surface area contributed by atoms with Crippen molar-refractivity contribution in [1.82, 2.24) is 15.2 Å². The van der Waals surface area contributed by atoms with E-state index < -0.39 is 0 Å². The van der Waals surface area contributed by atoms with Gasteiger partial charge < -0.3 is 9.73 Å². The normalized spacial score (nSPS) is 10.8. The second-order valence-electron chi connectivity index (χ2n) is 5.51. The molecule has 0 radical (unpaired) electrons. The van der Waals surface area contributed by atoms with Gasteiger partial charge in [0.2, 0.25) is 0 Å². The van der Waals surface area contributed by atoms with Crippen LogP contribution in [0.4, 0.5) is 5.82 Å². The molecule has 0 aliphatic carbocycles. The first-order valence-electron chi connectivity index (χ1n) is 7.79. The van der Waals surface area contributed by atoms with Crippen molar-refractivity contribution in [2.24, 2.45) is 0 Å². The Morgan fingerprint density at radius 2 is 1.71 bits per heavy atom. The van der Waals surface area contributed by atoms with Crippen molar-refractivity contribution in [2.45, 2.75) is 13.0 Å². The molecule has 4 aromatic rings. The fraction of sp³-hybridized carbons (Fsp3) is 0.105. The Labute approximate surface area is 139 Å². The Hall–Kier alpha value is -3.21. The smallest absolute Gasteiger partial charge is 0.156 e. The number of furan rings is 1. The fourth-order valence-electron chi connectivity index (χ4n) is 2.70. The van der Waals surface area contributed by atoms with Crippen molar-refractivity contribution in [1.29, 1.82) is 0 Å².